The summed E-state index contributed by atoms with van der Waals surface area (Å²) in [6, 6.07) is 5.74. The van der Waals surface area contributed by atoms with Gasteiger partial charge < -0.3 is 5.32 Å². The van der Waals surface area contributed by atoms with Crippen LogP contribution in [0.3, 0.4) is 0 Å². The lowest BCUT2D eigenvalue weighted by atomic mass is 9.97. The van der Waals surface area contributed by atoms with Gasteiger partial charge in [-0.25, -0.2) is 0 Å². The third-order valence-electron chi connectivity index (χ3n) is 3.84. The van der Waals surface area contributed by atoms with Crippen LogP contribution in [-0.2, 0) is 6.18 Å². The molecule has 1 N–H and O–H groups in total. The zero-order valence-electron chi connectivity index (χ0n) is 12.8. The maximum atomic E-state index is 12.9. The van der Waals surface area contributed by atoms with Gasteiger partial charge in [0, 0.05) is 32.2 Å². The minimum atomic E-state index is -4.29. The molecule has 0 aliphatic carbocycles. The number of nitrogens with zero attached hydrogens (tertiary/aromatic N) is 1. The molecule has 1 fully saturated rings. The Hall–Kier alpha value is -0.750. The van der Waals surface area contributed by atoms with E-state index < -0.39 is 11.7 Å². The molecule has 1 aliphatic rings. The maximum absolute atomic E-state index is 12.9. The summed E-state index contributed by atoms with van der Waals surface area (Å²) in [6.07, 6.45) is -0.874. The molecule has 0 saturated carbocycles. The molecule has 0 radical (unpaired) electrons. The highest BCUT2D eigenvalue weighted by Gasteiger charge is 2.31. The molecule has 0 amide bonds. The number of piperazine rings is 1. The first-order valence-electron chi connectivity index (χ1n) is 7.25. The summed E-state index contributed by atoms with van der Waals surface area (Å²) in [5.41, 5.74) is 0.173. The topological polar surface area (TPSA) is 15.3 Å². The highest BCUT2D eigenvalue weighted by molar-refractivity contribution is 5.85. The lowest BCUT2D eigenvalue weighted by Crippen LogP contribution is -2.45. The zero-order valence-corrected chi connectivity index (χ0v) is 14.4. The second kappa shape index (κ2) is 10.2. The van der Waals surface area contributed by atoms with Crippen molar-refractivity contribution in [1.82, 2.24) is 10.2 Å². The highest BCUT2D eigenvalue weighted by Crippen LogP contribution is 2.33. The molecule has 7 heteroatoms. The summed E-state index contributed by atoms with van der Waals surface area (Å²) in [4.78, 5) is 2.26. The molecule has 2 rings (SSSR count). The molecule has 1 aliphatic heterocycles. The van der Waals surface area contributed by atoms with Gasteiger partial charge in [0.1, 0.15) is 0 Å². The molecule has 1 aromatic rings. The van der Waals surface area contributed by atoms with Crippen LogP contribution in [0.5, 0.6) is 0 Å². The number of benzene rings is 1. The summed E-state index contributed by atoms with van der Waals surface area (Å²) in [7, 11) is 0. The van der Waals surface area contributed by atoms with E-state index in [4.69, 9.17) is 0 Å². The zero-order chi connectivity index (χ0) is 15.3. The number of halogens is 5. The normalized spacial score (nSPS) is 16.8. The summed E-state index contributed by atoms with van der Waals surface area (Å²) in [5.74, 6) is 0. The van der Waals surface area contributed by atoms with Crippen LogP contribution in [0.25, 0.3) is 0 Å². The first-order valence-corrected chi connectivity index (χ1v) is 7.25. The highest BCUT2D eigenvalue weighted by atomic mass is 35.5. The second-order valence-corrected chi connectivity index (χ2v) is 5.29. The van der Waals surface area contributed by atoms with Gasteiger partial charge in [-0.1, -0.05) is 18.2 Å². The Morgan fingerprint density at radius 3 is 2.43 bits per heavy atom. The van der Waals surface area contributed by atoms with E-state index in [2.05, 4.69) is 16.8 Å². The number of allylic oxidation sites excluding steroid dienone is 1. The van der Waals surface area contributed by atoms with Crippen LogP contribution in [0.2, 0.25) is 0 Å². The van der Waals surface area contributed by atoms with Crippen LogP contribution in [0.15, 0.2) is 36.9 Å². The first kappa shape index (κ1) is 22.2. The molecule has 1 heterocycles. The Balaban J connectivity index is 0.00000242. The monoisotopic (exact) mass is 370 g/mol. The van der Waals surface area contributed by atoms with Gasteiger partial charge in [-0.2, -0.15) is 13.2 Å². The fraction of sp³-hybridized carbons (Fsp3) is 0.500. The van der Waals surface area contributed by atoms with E-state index >= 15 is 0 Å². The van der Waals surface area contributed by atoms with Crippen LogP contribution in [0.4, 0.5) is 13.2 Å². The predicted molar refractivity (Wildman–Crippen MR) is 92.6 cm³/mol. The smallest absolute Gasteiger partial charge is 0.314 e. The number of hydrogen-bond acceptors (Lipinski definition) is 2. The molecule has 2 nitrogen and oxygen atoms in total. The minimum Gasteiger partial charge on any atom is -0.314 e. The van der Waals surface area contributed by atoms with E-state index in [9.17, 15) is 13.2 Å². The van der Waals surface area contributed by atoms with E-state index in [1.165, 1.54) is 12.1 Å². The van der Waals surface area contributed by atoms with Crippen molar-refractivity contribution in [3.8, 4) is 0 Å². The quantitative estimate of drug-likeness (QED) is 0.769. The molecule has 132 valence electrons. The van der Waals surface area contributed by atoms with Crippen LogP contribution >= 0.6 is 24.8 Å². The Morgan fingerprint density at radius 2 is 1.87 bits per heavy atom. The molecule has 1 aromatic carbocycles. The largest absolute Gasteiger partial charge is 0.416 e. The predicted octanol–water partition coefficient (Wildman–Crippen LogP) is 4.46. The fourth-order valence-corrected chi connectivity index (χ4v) is 2.75. The SMILES string of the molecule is C=CCC[C@@H](c1cccc(C(F)(F)F)c1)N1CCNCC1.Cl.Cl. The van der Waals surface area contributed by atoms with Crippen LogP contribution < -0.4 is 5.32 Å². The van der Waals surface area contributed by atoms with Crippen molar-refractivity contribution in [3.05, 3.63) is 48.0 Å². The van der Waals surface area contributed by atoms with Crippen molar-refractivity contribution >= 4 is 24.8 Å². The number of alkyl halides is 3. The standard InChI is InChI=1S/C16H21F3N2.2ClH/c1-2-3-7-15(21-10-8-20-9-11-21)13-5-4-6-14(12-13)16(17,18)19;;/h2,4-6,12,15,20H,1,3,7-11H2;2*1H/t15-;;/m0../s1. The van der Waals surface area contributed by atoms with Crippen LogP contribution in [-0.4, -0.2) is 31.1 Å². The summed E-state index contributed by atoms with van der Waals surface area (Å²) < 4.78 is 38.7. The van der Waals surface area contributed by atoms with Crippen LogP contribution in [0.1, 0.15) is 30.0 Å². The molecule has 0 aromatic heterocycles. The van der Waals surface area contributed by atoms with Crippen molar-refractivity contribution in [2.45, 2.75) is 25.1 Å². The van der Waals surface area contributed by atoms with Crippen molar-refractivity contribution in [2.75, 3.05) is 26.2 Å². The van der Waals surface area contributed by atoms with Gasteiger partial charge in [0.05, 0.1) is 5.56 Å². The van der Waals surface area contributed by atoms with Gasteiger partial charge in [-0.15, -0.1) is 31.4 Å². The number of nitrogens with one attached hydrogen (secondary N) is 1. The Morgan fingerprint density at radius 1 is 1.22 bits per heavy atom. The van der Waals surface area contributed by atoms with E-state index in [1.807, 2.05) is 6.08 Å². The van der Waals surface area contributed by atoms with Gasteiger partial charge in [0.25, 0.3) is 0 Å². The van der Waals surface area contributed by atoms with Crippen molar-refractivity contribution in [3.63, 3.8) is 0 Å². The average molecular weight is 371 g/mol. The van der Waals surface area contributed by atoms with Gasteiger partial charge in [-0.3, -0.25) is 4.90 Å². The Kier molecular flexibility index (Phi) is 9.85. The Bertz CT molecular complexity index is 475. The molecular formula is C16H23Cl2F3N2. The molecule has 0 spiro atoms. The van der Waals surface area contributed by atoms with Gasteiger partial charge in [-0.05, 0) is 30.5 Å². The van der Waals surface area contributed by atoms with E-state index in [0.717, 1.165) is 50.7 Å². The fourth-order valence-electron chi connectivity index (χ4n) is 2.75. The summed E-state index contributed by atoms with van der Waals surface area (Å²) in [6.45, 7) is 7.19. The number of rotatable bonds is 5. The van der Waals surface area contributed by atoms with E-state index in [1.54, 1.807) is 6.07 Å². The molecule has 0 bridgehead atoms. The summed E-state index contributed by atoms with van der Waals surface area (Å²) in [5, 5.41) is 3.27. The average Bonchev–Trinajstić information content (AvgIpc) is 2.48. The van der Waals surface area contributed by atoms with Crippen LogP contribution in [0, 0.1) is 0 Å². The lowest BCUT2D eigenvalue weighted by Gasteiger charge is -2.35. The van der Waals surface area contributed by atoms with Gasteiger partial charge >= 0.3 is 6.18 Å². The molecule has 1 atom stereocenters. The van der Waals surface area contributed by atoms with Crippen molar-refractivity contribution < 1.29 is 13.2 Å². The van der Waals surface area contributed by atoms with E-state index in [-0.39, 0.29) is 30.9 Å². The van der Waals surface area contributed by atoms with E-state index in [0.29, 0.717) is 0 Å². The Labute approximate surface area is 147 Å². The molecule has 23 heavy (non-hydrogen) atoms. The third kappa shape index (κ3) is 6.34. The lowest BCUT2D eigenvalue weighted by molar-refractivity contribution is -0.137. The summed E-state index contributed by atoms with van der Waals surface area (Å²) >= 11 is 0. The second-order valence-electron chi connectivity index (χ2n) is 5.29. The van der Waals surface area contributed by atoms with Crippen molar-refractivity contribution in [1.29, 1.82) is 0 Å². The number of hydrogen-bond donors (Lipinski definition) is 1. The van der Waals surface area contributed by atoms with Gasteiger partial charge in [0.15, 0.2) is 0 Å². The third-order valence-corrected chi connectivity index (χ3v) is 3.84. The first-order chi connectivity index (χ1) is 10.0. The molecular weight excluding hydrogens is 348 g/mol. The van der Waals surface area contributed by atoms with Crippen molar-refractivity contribution in [2.24, 2.45) is 0 Å². The molecule has 0 unspecified atom stereocenters. The van der Waals surface area contributed by atoms with Gasteiger partial charge in [0.2, 0.25) is 0 Å². The molecule has 1 saturated heterocycles. The minimum absolute atomic E-state index is 0. The maximum Gasteiger partial charge on any atom is 0.416 e.